The van der Waals surface area contributed by atoms with Crippen molar-refractivity contribution in [2.45, 2.75) is 33.4 Å². The van der Waals surface area contributed by atoms with Crippen LogP contribution < -0.4 is 5.32 Å². The highest BCUT2D eigenvalue weighted by molar-refractivity contribution is 7.09. The third kappa shape index (κ3) is 3.85. The molecule has 2 rings (SSSR count). The number of hydrogen-bond acceptors (Lipinski definition) is 3. The Bertz CT molecular complexity index is 519. The standard InChI is InChI=1S/C15H19FN2S/c1-10(2)15(12-4-6-13(16)7-5-12)17-8-14-18-11(3)9-19-14/h4-7,9-10,15,17H,8H2,1-3H3. The Kier molecular flexibility index (Phi) is 4.66. The molecule has 1 unspecified atom stereocenters. The van der Waals surface area contributed by atoms with Crippen molar-refractivity contribution >= 4 is 11.3 Å². The lowest BCUT2D eigenvalue weighted by Gasteiger charge is -2.22. The Labute approximate surface area is 117 Å². The summed E-state index contributed by atoms with van der Waals surface area (Å²) in [4.78, 5) is 4.45. The van der Waals surface area contributed by atoms with Gasteiger partial charge in [0.2, 0.25) is 0 Å². The second kappa shape index (κ2) is 6.26. The van der Waals surface area contributed by atoms with Gasteiger partial charge in [0, 0.05) is 23.7 Å². The summed E-state index contributed by atoms with van der Waals surface area (Å²) < 4.78 is 13.0. The summed E-state index contributed by atoms with van der Waals surface area (Å²) in [7, 11) is 0. The maximum absolute atomic E-state index is 13.0. The SMILES string of the molecule is Cc1csc(CNC(c2ccc(F)cc2)C(C)C)n1. The van der Waals surface area contributed by atoms with Gasteiger partial charge < -0.3 is 5.32 Å². The first-order chi connectivity index (χ1) is 9.06. The quantitative estimate of drug-likeness (QED) is 0.891. The third-order valence-corrected chi connectivity index (χ3v) is 4.00. The molecule has 4 heteroatoms. The van der Waals surface area contributed by atoms with Crippen LogP contribution in [0.2, 0.25) is 0 Å². The number of rotatable bonds is 5. The molecule has 0 saturated heterocycles. The van der Waals surface area contributed by atoms with Crippen LogP contribution in [0.3, 0.4) is 0 Å². The van der Waals surface area contributed by atoms with Crippen molar-refractivity contribution in [3.05, 3.63) is 51.7 Å². The molecule has 2 nitrogen and oxygen atoms in total. The normalized spacial score (nSPS) is 12.9. The van der Waals surface area contributed by atoms with Crippen LogP contribution in [0.1, 0.15) is 36.2 Å². The number of nitrogens with one attached hydrogen (secondary N) is 1. The van der Waals surface area contributed by atoms with Gasteiger partial charge in [-0.05, 0) is 30.5 Å². The van der Waals surface area contributed by atoms with Gasteiger partial charge in [-0.25, -0.2) is 9.37 Å². The predicted molar refractivity (Wildman–Crippen MR) is 77.7 cm³/mol. The molecule has 0 spiro atoms. The van der Waals surface area contributed by atoms with Crippen molar-refractivity contribution in [3.63, 3.8) is 0 Å². The fourth-order valence-corrected chi connectivity index (χ4v) is 2.81. The fraction of sp³-hybridized carbons (Fsp3) is 0.400. The Morgan fingerprint density at radius 3 is 2.47 bits per heavy atom. The zero-order valence-corrected chi connectivity index (χ0v) is 12.3. The van der Waals surface area contributed by atoms with Crippen molar-refractivity contribution in [2.75, 3.05) is 0 Å². The monoisotopic (exact) mass is 278 g/mol. The molecule has 0 saturated carbocycles. The highest BCUT2D eigenvalue weighted by Gasteiger charge is 2.15. The van der Waals surface area contributed by atoms with Crippen LogP contribution in [-0.2, 0) is 6.54 Å². The van der Waals surface area contributed by atoms with E-state index in [0.29, 0.717) is 5.92 Å². The summed E-state index contributed by atoms with van der Waals surface area (Å²) in [5, 5.41) is 6.65. The summed E-state index contributed by atoms with van der Waals surface area (Å²) in [5.74, 6) is 0.244. The van der Waals surface area contributed by atoms with E-state index in [1.54, 1.807) is 11.3 Å². The molecule has 1 N–H and O–H groups in total. The summed E-state index contributed by atoms with van der Waals surface area (Å²) in [6.45, 7) is 7.07. The van der Waals surface area contributed by atoms with Crippen LogP contribution in [0, 0.1) is 18.7 Å². The topological polar surface area (TPSA) is 24.9 Å². The second-order valence-corrected chi connectivity index (χ2v) is 5.98. The average Bonchev–Trinajstić information content (AvgIpc) is 2.77. The van der Waals surface area contributed by atoms with Crippen LogP contribution in [0.25, 0.3) is 0 Å². The smallest absolute Gasteiger partial charge is 0.123 e. The van der Waals surface area contributed by atoms with Gasteiger partial charge in [-0.3, -0.25) is 0 Å². The van der Waals surface area contributed by atoms with Gasteiger partial charge in [0.15, 0.2) is 0 Å². The van der Waals surface area contributed by atoms with Crippen molar-refractivity contribution in [3.8, 4) is 0 Å². The zero-order valence-electron chi connectivity index (χ0n) is 11.5. The number of thiazole rings is 1. The number of hydrogen-bond donors (Lipinski definition) is 1. The molecule has 19 heavy (non-hydrogen) atoms. The van der Waals surface area contributed by atoms with Gasteiger partial charge in [0.25, 0.3) is 0 Å². The van der Waals surface area contributed by atoms with E-state index in [4.69, 9.17) is 0 Å². The first-order valence-corrected chi connectivity index (χ1v) is 7.34. The van der Waals surface area contributed by atoms with E-state index in [0.717, 1.165) is 22.8 Å². The van der Waals surface area contributed by atoms with E-state index in [1.165, 1.54) is 12.1 Å². The third-order valence-electron chi connectivity index (χ3n) is 3.04. The lowest BCUT2D eigenvalue weighted by molar-refractivity contribution is 0.409. The number of aryl methyl sites for hydroxylation is 1. The van der Waals surface area contributed by atoms with Crippen LogP contribution in [-0.4, -0.2) is 4.98 Å². The van der Waals surface area contributed by atoms with E-state index in [-0.39, 0.29) is 11.9 Å². The van der Waals surface area contributed by atoms with Crippen molar-refractivity contribution in [1.82, 2.24) is 10.3 Å². The lowest BCUT2D eigenvalue weighted by atomic mass is 9.96. The molecular weight excluding hydrogens is 259 g/mol. The summed E-state index contributed by atoms with van der Waals surface area (Å²) >= 11 is 1.67. The lowest BCUT2D eigenvalue weighted by Crippen LogP contribution is -2.25. The molecule has 0 bridgehead atoms. The maximum Gasteiger partial charge on any atom is 0.123 e. The fourth-order valence-electron chi connectivity index (χ4n) is 2.09. The van der Waals surface area contributed by atoms with E-state index in [9.17, 15) is 4.39 Å². The van der Waals surface area contributed by atoms with Gasteiger partial charge in [0.1, 0.15) is 10.8 Å². The molecule has 0 radical (unpaired) electrons. The number of benzene rings is 1. The Morgan fingerprint density at radius 2 is 1.95 bits per heavy atom. The minimum Gasteiger partial charge on any atom is -0.303 e. The maximum atomic E-state index is 13.0. The number of nitrogens with zero attached hydrogens (tertiary/aromatic N) is 1. The minimum absolute atomic E-state index is 0.193. The molecule has 0 aliphatic carbocycles. The van der Waals surface area contributed by atoms with E-state index < -0.39 is 0 Å². The van der Waals surface area contributed by atoms with Crippen LogP contribution in [0.4, 0.5) is 4.39 Å². The second-order valence-electron chi connectivity index (χ2n) is 5.04. The summed E-state index contributed by atoms with van der Waals surface area (Å²) in [5.41, 5.74) is 2.18. The summed E-state index contributed by atoms with van der Waals surface area (Å²) in [6.07, 6.45) is 0. The molecule has 102 valence electrons. The van der Waals surface area contributed by atoms with Crippen LogP contribution >= 0.6 is 11.3 Å². The molecule has 0 amide bonds. The molecule has 1 aromatic carbocycles. The van der Waals surface area contributed by atoms with E-state index in [2.05, 4.69) is 29.5 Å². The first kappa shape index (κ1) is 14.2. The van der Waals surface area contributed by atoms with E-state index >= 15 is 0 Å². The Balaban J connectivity index is 2.06. The first-order valence-electron chi connectivity index (χ1n) is 6.46. The Hall–Kier alpha value is -1.26. The van der Waals surface area contributed by atoms with Gasteiger partial charge in [-0.1, -0.05) is 26.0 Å². The van der Waals surface area contributed by atoms with Gasteiger partial charge >= 0.3 is 0 Å². The molecule has 0 aliphatic heterocycles. The highest BCUT2D eigenvalue weighted by atomic mass is 32.1. The predicted octanol–water partition coefficient (Wildman–Crippen LogP) is 4.08. The summed E-state index contributed by atoms with van der Waals surface area (Å²) in [6, 6.07) is 6.94. The molecule has 1 aromatic heterocycles. The highest BCUT2D eigenvalue weighted by Crippen LogP contribution is 2.22. The van der Waals surface area contributed by atoms with Crippen molar-refractivity contribution < 1.29 is 4.39 Å². The van der Waals surface area contributed by atoms with E-state index in [1.807, 2.05) is 19.1 Å². The number of halogens is 1. The molecule has 1 atom stereocenters. The molecule has 2 aromatic rings. The minimum atomic E-state index is -0.193. The van der Waals surface area contributed by atoms with Crippen molar-refractivity contribution in [1.29, 1.82) is 0 Å². The van der Waals surface area contributed by atoms with Crippen molar-refractivity contribution in [2.24, 2.45) is 5.92 Å². The molecular formula is C15H19FN2S. The van der Waals surface area contributed by atoms with Gasteiger partial charge in [-0.2, -0.15) is 0 Å². The number of aromatic nitrogens is 1. The van der Waals surface area contributed by atoms with Crippen LogP contribution in [0.15, 0.2) is 29.6 Å². The average molecular weight is 278 g/mol. The molecule has 0 fully saturated rings. The molecule has 1 heterocycles. The van der Waals surface area contributed by atoms with Crippen LogP contribution in [0.5, 0.6) is 0 Å². The largest absolute Gasteiger partial charge is 0.303 e. The molecule has 0 aliphatic rings. The zero-order chi connectivity index (χ0) is 13.8. The van der Waals surface area contributed by atoms with Gasteiger partial charge in [0.05, 0.1) is 0 Å². The van der Waals surface area contributed by atoms with Gasteiger partial charge in [-0.15, -0.1) is 11.3 Å². The Morgan fingerprint density at radius 1 is 1.26 bits per heavy atom.